The van der Waals surface area contributed by atoms with Crippen molar-refractivity contribution in [3.05, 3.63) is 65.7 Å². The topological polar surface area (TPSA) is 73.6 Å². The van der Waals surface area contributed by atoms with Gasteiger partial charge in [0.05, 0.1) is 12.7 Å². The first-order chi connectivity index (χ1) is 13.7. The van der Waals surface area contributed by atoms with Crippen LogP contribution in [0, 0.1) is 0 Å². The van der Waals surface area contributed by atoms with E-state index in [2.05, 4.69) is 35.6 Å². The van der Waals surface area contributed by atoms with Crippen molar-refractivity contribution in [3.8, 4) is 5.75 Å². The molecule has 28 heavy (non-hydrogen) atoms. The first kappa shape index (κ1) is 20.4. The average Bonchev–Trinajstić information content (AvgIpc) is 3.22. The standard InChI is InChI=1S/C23H30N2O3/c24-17-21-11-12-22(28-21)23(26)25-14-13-19-8-4-10-20(16-19)27-15-5-9-18-6-2-1-3-7-18/h1-4,6-8,10,16,21-22H,5,9,11-15,17,24H2,(H,25,26)/t21-,22+/m1/s1. The minimum Gasteiger partial charge on any atom is -0.494 e. The molecule has 0 radical (unpaired) electrons. The molecule has 1 aliphatic heterocycles. The van der Waals surface area contributed by atoms with Crippen LogP contribution in [0.1, 0.15) is 30.4 Å². The largest absolute Gasteiger partial charge is 0.494 e. The molecule has 5 heteroatoms. The Labute approximate surface area is 167 Å². The second kappa shape index (κ2) is 10.8. The molecule has 2 atom stereocenters. The molecule has 1 fully saturated rings. The fourth-order valence-electron chi connectivity index (χ4n) is 3.42. The maximum Gasteiger partial charge on any atom is 0.249 e. The van der Waals surface area contributed by atoms with Crippen LogP contribution in [0.15, 0.2) is 54.6 Å². The second-order valence-electron chi connectivity index (χ2n) is 7.19. The summed E-state index contributed by atoms with van der Waals surface area (Å²) in [5.41, 5.74) is 8.07. The molecule has 0 saturated carbocycles. The molecule has 3 rings (SSSR count). The summed E-state index contributed by atoms with van der Waals surface area (Å²) in [5.74, 6) is 0.839. The SMILES string of the molecule is NC[C@H]1CC[C@@H](C(=O)NCCc2cccc(OCCCc3ccccc3)c2)O1. The molecule has 150 valence electrons. The zero-order valence-electron chi connectivity index (χ0n) is 16.3. The zero-order chi connectivity index (χ0) is 19.6. The zero-order valence-corrected chi connectivity index (χ0v) is 16.3. The predicted molar refractivity (Wildman–Crippen MR) is 110 cm³/mol. The number of rotatable bonds is 10. The van der Waals surface area contributed by atoms with Gasteiger partial charge in [0.25, 0.3) is 0 Å². The van der Waals surface area contributed by atoms with Crippen LogP contribution in [0.4, 0.5) is 0 Å². The molecular weight excluding hydrogens is 352 g/mol. The molecule has 1 aliphatic rings. The highest BCUT2D eigenvalue weighted by molar-refractivity contribution is 5.81. The Morgan fingerprint density at radius 2 is 1.89 bits per heavy atom. The number of carbonyl (C=O) groups is 1. The lowest BCUT2D eigenvalue weighted by Crippen LogP contribution is -2.36. The maximum absolute atomic E-state index is 12.2. The van der Waals surface area contributed by atoms with Crippen molar-refractivity contribution in [1.29, 1.82) is 0 Å². The summed E-state index contributed by atoms with van der Waals surface area (Å²) < 4.78 is 11.5. The number of amides is 1. The van der Waals surface area contributed by atoms with Crippen LogP contribution in [0.2, 0.25) is 0 Å². The number of hydrogen-bond acceptors (Lipinski definition) is 4. The van der Waals surface area contributed by atoms with Crippen molar-refractivity contribution in [2.45, 2.75) is 44.3 Å². The Morgan fingerprint density at radius 3 is 2.68 bits per heavy atom. The van der Waals surface area contributed by atoms with Crippen LogP contribution < -0.4 is 15.8 Å². The van der Waals surface area contributed by atoms with E-state index in [1.54, 1.807) is 0 Å². The lowest BCUT2D eigenvalue weighted by molar-refractivity contribution is -0.131. The van der Waals surface area contributed by atoms with E-state index in [9.17, 15) is 4.79 Å². The van der Waals surface area contributed by atoms with Crippen LogP contribution in [0.25, 0.3) is 0 Å². The predicted octanol–water partition coefficient (Wildman–Crippen LogP) is 2.86. The maximum atomic E-state index is 12.2. The Bertz CT molecular complexity index is 736. The van der Waals surface area contributed by atoms with Gasteiger partial charge in [0.1, 0.15) is 11.9 Å². The minimum atomic E-state index is -0.354. The van der Waals surface area contributed by atoms with Gasteiger partial charge in [0, 0.05) is 13.1 Å². The normalized spacial score (nSPS) is 18.8. The molecule has 2 aromatic carbocycles. The fraction of sp³-hybridized carbons (Fsp3) is 0.435. The second-order valence-corrected chi connectivity index (χ2v) is 7.19. The molecule has 2 aromatic rings. The summed E-state index contributed by atoms with van der Waals surface area (Å²) in [6.45, 7) is 1.75. The number of carbonyl (C=O) groups excluding carboxylic acids is 1. The van der Waals surface area contributed by atoms with Gasteiger partial charge in [-0.3, -0.25) is 4.79 Å². The van der Waals surface area contributed by atoms with E-state index in [-0.39, 0.29) is 18.1 Å². The highest BCUT2D eigenvalue weighted by atomic mass is 16.5. The molecular formula is C23H30N2O3. The molecule has 1 amide bonds. The van der Waals surface area contributed by atoms with Gasteiger partial charge in [-0.25, -0.2) is 0 Å². The van der Waals surface area contributed by atoms with Crippen LogP contribution in [-0.4, -0.2) is 37.8 Å². The summed E-state index contributed by atoms with van der Waals surface area (Å²) in [4.78, 5) is 12.2. The van der Waals surface area contributed by atoms with Crippen molar-refractivity contribution in [1.82, 2.24) is 5.32 Å². The van der Waals surface area contributed by atoms with Gasteiger partial charge in [-0.1, -0.05) is 42.5 Å². The molecule has 0 aromatic heterocycles. The Hall–Kier alpha value is -2.37. The van der Waals surface area contributed by atoms with Crippen molar-refractivity contribution in [2.24, 2.45) is 5.73 Å². The molecule has 0 unspecified atom stereocenters. The van der Waals surface area contributed by atoms with E-state index < -0.39 is 0 Å². The van der Waals surface area contributed by atoms with Gasteiger partial charge in [0.2, 0.25) is 5.91 Å². The summed E-state index contributed by atoms with van der Waals surface area (Å²) in [6, 6.07) is 18.5. The number of ether oxygens (including phenoxy) is 2. The molecule has 5 nitrogen and oxygen atoms in total. The van der Waals surface area contributed by atoms with E-state index in [0.717, 1.165) is 43.4 Å². The number of aryl methyl sites for hydroxylation is 1. The fourth-order valence-corrected chi connectivity index (χ4v) is 3.42. The number of benzene rings is 2. The van der Waals surface area contributed by atoms with E-state index in [1.807, 2.05) is 24.3 Å². The van der Waals surface area contributed by atoms with E-state index in [1.165, 1.54) is 5.56 Å². The van der Waals surface area contributed by atoms with Gasteiger partial charge >= 0.3 is 0 Å². The smallest absolute Gasteiger partial charge is 0.249 e. The van der Waals surface area contributed by atoms with Crippen LogP contribution in [-0.2, 0) is 22.4 Å². The highest BCUT2D eigenvalue weighted by Crippen LogP contribution is 2.19. The van der Waals surface area contributed by atoms with Crippen molar-refractivity contribution in [2.75, 3.05) is 19.7 Å². The van der Waals surface area contributed by atoms with Crippen LogP contribution in [0.3, 0.4) is 0 Å². The molecule has 3 N–H and O–H groups in total. The van der Waals surface area contributed by atoms with E-state index in [4.69, 9.17) is 15.2 Å². The molecule has 1 heterocycles. The Kier molecular flexibility index (Phi) is 7.88. The van der Waals surface area contributed by atoms with E-state index in [0.29, 0.717) is 19.7 Å². The summed E-state index contributed by atoms with van der Waals surface area (Å²) in [7, 11) is 0. The number of nitrogens with one attached hydrogen (secondary N) is 1. The summed E-state index contributed by atoms with van der Waals surface area (Å²) in [5, 5.41) is 2.96. The monoisotopic (exact) mass is 382 g/mol. The lowest BCUT2D eigenvalue weighted by atomic mass is 10.1. The molecule has 1 saturated heterocycles. The van der Waals surface area contributed by atoms with Crippen molar-refractivity contribution >= 4 is 5.91 Å². The number of hydrogen-bond donors (Lipinski definition) is 2. The molecule has 0 aliphatic carbocycles. The Balaban J connectivity index is 1.35. The average molecular weight is 383 g/mol. The lowest BCUT2D eigenvalue weighted by Gasteiger charge is -2.13. The van der Waals surface area contributed by atoms with Crippen LogP contribution in [0.5, 0.6) is 5.75 Å². The molecule has 0 bridgehead atoms. The third-order valence-electron chi connectivity index (χ3n) is 5.00. The van der Waals surface area contributed by atoms with Crippen LogP contribution >= 0.6 is 0 Å². The summed E-state index contributed by atoms with van der Waals surface area (Å²) >= 11 is 0. The Morgan fingerprint density at radius 1 is 1.07 bits per heavy atom. The van der Waals surface area contributed by atoms with Gasteiger partial charge in [-0.05, 0) is 55.4 Å². The van der Waals surface area contributed by atoms with Gasteiger partial charge in [-0.15, -0.1) is 0 Å². The quantitative estimate of drug-likeness (QED) is 0.620. The van der Waals surface area contributed by atoms with Crippen molar-refractivity contribution in [3.63, 3.8) is 0 Å². The highest BCUT2D eigenvalue weighted by Gasteiger charge is 2.29. The van der Waals surface area contributed by atoms with Gasteiger partial charge in [-0.2, -0.15) is 0 Å². The first-order valence-electron chi connectivity index (χ1n) is 10.1. The first-order valence-corrected chi connectivity index (χ1v) is 10.1. The van der Waals surface area contributed by atoms with Gasteiger partial charge < -0.3 is 20.5 Å². The summed E-state index contributed by atoms with van der Waals surface area (Å²) in [6.07, 6.45) is 4.04. The minimum absolute atomic E-state index is 0.0199. The third kappa shape index (κ3) is 6.36. The van der Waals surface area contributed by atoms with Gasteiger partial charge in [0.15, 0.2) is 0 Å². The third-order valence-corrected chi connectivity index (χ3v) is 5.00. The molecule has 0 spiro atoms. The number of nitrogens with two attached hydrogens (primary N) is 1. The van der Waals surface area contributed by atoms with Crippen molar-refractivity contribution < 1.29 is 14.3 Å². The van der Waals surface area contributed by atoms with E-state index >= 15 is 0 Å².